The maximum absolute atomic E-state index is 5.68. The van der Waals surface area contributed by atoms with Gasteiger partial charge >= 0.3 is 0 Å². The first-order valence-electron chi connectivity index (χ1n) is 7.82. The molecule has 0 saturated heterocycles. The van der Waals surface area contributed by atoms with Crippen LogP contribution in [0, 0.1) is 5.92 Å². The molecule has 0 unspecified atom stereocenters. The Balaban J connectivity index is 0.00000441. The summed E-state index contributed by atoms with van der Waals surface area (Å²) >= 11 is 0. The molecule has 0 fully saturated rings. The number of unbranched alkanes of at least 4 members (excludes halogenated alkanes) is 1. The zero-order valence-corrected chi connectivity index (χ0v) is 16.5. The van der Waals surface area contributed by atoms with E-state index in [9.17, 15) is 0 Å². The number of halogens is 1. The fraction of sp³-hybridized carbons (Fsp3) is 0.588. The van der Waals surface area contributed by atoms with Gasteiger partial charge in [0.05, 0.1) is 6.61 Å². The van der Waals surface area contributed by atoms with Gasteiger partial charge in [-0.05, 0) is 30.0 Å². The van der Waals surface area contributed by atoms with E-state index in [0.717, 1.165) is 37.8 Å². The van der Waals surface area contributed by atoms with Crippen molar-refractivity contribution in [2.24, 2.45) is 10.9 Å². The highest BCUT2D eigenvalue weighted by Crippen LogP contribution is 2.13. The van der Waals surface area contributed by atoms with Crippen LogP contribution >= 0.6 is 24.0 Å². The van der Waals surface area contributed by atoms with Gasteiger partial charge in [0.2, 0.25) is 0 Å². The Bertz CT molecular complexity index is 418. The predicted molar refractivity (Wildman–Crippen MR) is 105 cm³/mol. The molecule has 0 amide bonds. The van der Waals surface area contributed by atoms with Gasteiger partial charge in [0.25, 0.3) is 0 Å². The molecule has 1 aromatic carbocycles. The fourth-order valence-corrected chi connectivity index (χ4v) is 1.76. The lowest BCUT2D eigenvalue weighted by atomic mass is 10.2. The van der Waals surface area contributed by atoms with Crippen molar-refractivity contribution in [1.82, 2.24) is 10.6 Å². The summed E-state index contributed by atoms with van der Waals surface area (Å²) in [4.78, 5) is 4.21. The smallest absolute Gasteiger partial charge is 0.191 e. The molecule has 126 valence electrons. The summed E-state index contributed by atoms with van der Waals surface area (Å²) in [6.45, 7) is 8.95. The van der Waals surface area contributed by atoms with E-state index in [1.807, 2.05) is 12.1 Å². The summed E-state index contributed by atoms with van der Waals surface area (Å²) in [5, 5.41) is 6.61. The molecule has 0 aliphatic carbocycles. The minimum absolute atomic E-state index is 0. The Morgan fingerprint density at radius 1 is 1.18 bits per heavy atom. The van der Waals surface area contributed by atoms with Crippen LogP contribution < -0.4 is 15.4 Å². The first kappa shape index (κ1) is 21.0. The van der Waals surface area contributed by atoms with Crippen molar-refractivity contribution in [3.8, 4) is 5.75 Å². The van der Waals surface area contributed by atoms with Crippen molar-refractivity contribution in [3.63, 3.8) is 0 Å². The molecule has 22 heavy (non-hydrogen) atoms. The molecule has 0 atom stereocenters. The zero-order chi connectivity index (χ0) is 15.5. The number of hydrogen-bond donors (Lipinski definition) is 2. The molecule has 1 rings (SSSR count). The molecule has 4 nitrogen and oxygen atoms in total. The molecule has 0 aliphatic heterocycles. The average molecular weight is 419 g/mol. The molecule has 2 N–H and O–H groups in total. The van der Waals surface area contributed by atoms with Crippen molar-refractivity contribution in [2.75, 3.05) is 20.2 Å². The summed E-state index contributed by atoms with van der Waals surface area (Å²) in [5.41, 5.74) is 1.21. The highest BCUT2D eigenvalue weighted by molar-refractivity contribution is 14.0. The van der Waals surface area contributed by atoms with Crippen LogP contribution in [0.2, 0.25) is 0 Å². The third-order valence-corrected chi connectivity index (χ3v) is 3.01. The van der Waals surface area contributed by atoms with Crippen LogP contribution in [0.25, 0.3) is 0 Å². The van der Waals surface area contributed by atoms with E-state index in [0.29, 0.717) is 5.92 Å². The Labute approximate surface area is 152 Å². The molecular weight excluding hydrogens is 389 g/mol. The summed E-state index contributed by atoms with van der Waals surface area (Å²) < 4.78 is 5.68. The summed E-state index contributed by atoms with van der Waals surface area (Å²) in [6, 6.07) is 8.21. The van der Waals surface area contributed by atoms with Gasteiger partial charge in [0.15, 0.2) is 5.96 Å². The Morgan fingerprint density at radius 3 is 2.41 bits per heavy atom. The minimum Gasteiger partial charge on any atom is -0.493 e. The van der Waals surface area contributed by atoms with E-state index in [2.05, 4.69) is 48.5 Å². The molecule has 1 aromatic rings. The SMILES string of the molecule is CCCCNC(=NC)NCc1ccc(OCC(C)C)cc1.I. The largest absolute Gasteiger partial charge is 0.493 e. The van der Waals surface area contributed by atoms with E-state index in [1.165, 1.54) is 12.0 Å². The molecule has 0 aliphatic rings. The van der Waals surface area contributed by atoms with Crippen LogP contribution in [0.4, 0.5) is 0 Å². The first-order chi connectivity index (χ1) is 10.2. The number of nitrogens with one attached hydrogen (secondary N) is 2. The molecule has 0 radical (unpaired) electrons. The quantitative estimate of drug-likeness (QED) is 0.292. The number of rotatable bonds is 8. The van der Waals surface area contributed by atoms with Crippen LogP contribution in [-0.4, -0.2) is 26.2 Å². The van der Waals surface area contributed by atoms with Crippen LogP contribution in [-0.2, 0) is 6.54 Å². The second-order valence-corrected chi connectivity index (χ2v) is 5.55. The van der Waals surface area contributed by atoms with Gasteiger partial charge in [0.1, 0.15) is 5.75 Å². The maximum atomic E-state index is 5.68. The molecule has 0 aromatic heterocycles. The highest BCUT2D eigenvalue weighted by atomic mass is 127. The summed E-state index contributed by atoms with van der Waals surface area (Å²) in [6.07, 6.45) is 2.34. The molecule has 0 heterocycles. The fourth-order valence-electron chi connectivity index (χ4n) is 1.76. The molecule has 5 heteroatoms. The molecule has 0 bridgehead atoms. The van der Waals surface area contributed by atoms with Crippen LogP contribution in [0.1, 0.15) is 39.2 Å². The van der Waals surface area contributed by atoms with Gasteiger partial charge < -0.3 is 15.4 Å². The lowest BCUT2D eigenvalue weighted by Gasteiger charge is -2.12. The predicted octanol–water partition coefficient (Wildman–Crippen LogP) is 3.80. The Hall–Kier alpha value is -0.980. The van der Waals surface area contributed by atoms with Crippen LogP contribution in [0.3, 0.4) is 0 Å². The van der Waals surface area contributed by atoms with E-state index in [1.54, 1.807) is 7.05 Å². The standard InChI is InChI=1S/C17H29N3O.HI/c1-5-6-11-19-17(18-4)20-12-15-7-9-16(10-8-15)21-13-14(2)3;/h7-10,14H,5-6,11-13H2,1-4H3,(H2,18,19,20);1H. The summed E-state index contributed by atoms with van der Waals surface area (Å²) in [5.74, 6) is 2.32. The second-order valence-electron chi connectivity index (χ2n) is 5.55. The van der Waals surface area contributed by atoms with Crippen LogP contribution in [0.15, 0.2) is 29.3 Å². The van der Waals surface area contributed by atoms with Crippen LogP contribution in [0.5, 0.6) is 5.75 Å². The normalized spacial score (nSPS) is 11.0. The van der Waals surface area contributed by atoms with Gasteiger partial charge in [-0.15, -0.1) is 24.0 Å². The topological polar surface area (TPSA) is 45.7 Å². The number of benzene rings is 1. The average Bonchev–Trinajstić information content (AvgIpc) is 2.49. The van der Waals surface area contributed by atoms with Crippen molar-refractivity contribution in [3.05, 3.63) is 29.8 Å². The summed E-state index contributed by atoms with van der Waals surface area (Å²) in [7, 11) is 1.80. The number of aliphatic imine (C=N–C) groups is 1. The van der Waals surface area contributed by atoms with Crippen molar-refractivity contribution in [2.45, 2.75) is 40.2 Å². The van der Waals surface area contributed by atoms with Crippen molar-refractivity contribution >= 4 is 29.9 Å². The van der Waals surface area contributed by atoms with E-state index >= 15 is 0 Å². The van der Waals surface area contributed by atoms with Gasteiger partial charge in [-0.3, -0.25) is 4.99 Å². The van der Waals surface area contributed by atoms with Gasteiger partial charge in [-0.25, -0.2) is 0 Å². The Kier molecular flexibility index (Phi) is 12.0. The number of hydrogen-bond acceptors (Lipinski definition) is 2. The molecule has 0 saturated carbocycles. The van der Waals surface area contributed by atoms with Gasteiger partial charge in [-0.2, -0.15) is 0 Å². The first-order valence-corrected chi connectivity index (χ1v) is 7.82. The van der Waals surface area contributed by atoms with Crippen molar-refractivity contribution < 1.29 is 4.74 Å². The monoisotopic (exact) mass is 419 g/mol. The third kappa shape index (κ3) is 9.12. The molecular formula is C17H30IN3O. The second kappa shape index (κ2) is 12.6. The minimum atomic E-state index is 0. The van der Waals surface area contributed by atoms with Crippen molar-refractivity contribution in [1.29, 1.82) is 0 Å². The van der Waals surface area contributed by atoms with Gasteiger partial charge in [0, 0.05) is 20.1 Å². The zero-order valence-electron chi connectivity index (χ0n) is 14.2. The lowest BCUT2D eigenvalue weighted by Crippen LogP contribution is -2.37. The number of nitrogens with zero attached hydrogens (tertiary/aromatic N) is 1. The van der Waals surface area contributed by atoms with E-state index in [4.69, 9.17) is 4.74 Å². The van der Waals surface area contributed by atoms with E-state index < -0.39 is 0 Å². The third-order valence-electron chi connectivity index (χ3n) is 3.01. The lowest BCUT2D eigenvalue weighted by molar-refractivity contribution is 0.271. The Morgan fingerprint density at radius 2 is 1.86 bits per heavy atom. The maximum Gasteiger partial charge on any atom is 0.191 e. The molecule has 0 spiro atoms. The highest BCUT2D eigenvalue weighted by Gasteiger charge is 2.00. The van der Waals surface area contributed by atoms with E-state index in [-0.39, 0.29) is 24.0 Å². The number of guanidine groups is 1. The van der Waals surface area contributed by atoms with Gasteiger partial charge in [-0.1, -0.05) is 39.3 Å². The number of ether oxygens (including phenoxy) is 1.